The summed E-state index contributed by atoms with van der Waals surface area (Å²) in [6.07, 6.45) is 0.987. The SMILES string of the molecule is CCc1ccc(OCCC(C)=O)c([N+](=O)[O-])c1. The first-order chi connectivity index (χ1) is 8.04. The molecule has 1 aromatic carbocycles. The number of nitrogens with zero attached hydrogens (tertiary/aromatic N) is 1. The van der Waals surface area contributed by atoms with Gasteiger partial charge < -0.3 is 4.74 Å². The second kappa shape index (κ2) is 5.98. The Labute approximate surface area is 99.5 Å². The molecule has 0 fully saturated rings. The molecule has 0 amide bonds. The largest absolute Gasteiger partial charge is 0.486 e. The summed E-state index contributed by atoms with van der Waals surface area (Å²) < 4.78 is 5.25. The third kappa shape index (κ3) is 3.86. The minimum absolute atomic E-state index is 0.00201. The van der Waals surface area contributed by atoms with E-state index in [-0.39, 0.29) is 30.2 Å². The number of nitro benzene ring substituents is 1. The van der Waals surface area contributed by atoms with Crippen molar-refractivity contribution < 1.29 is 14.5 Å². The molecule has 5 nitrogen and oxygen atoms in total. The van der Waals surface area contributed by atoms with Crippen LogP contribution in [0.3, 0.4) is 0 Å². The maximum Gasteiger partial charge on any atom is 0.311 e. The quantitative estimate of drug-likeness (QED) is 0.563. The molecule has 0 unspecified atom stereocenters. The third-order valence-electron chi connectivity index (χ3n) is 2.34. The van der Waals surface area contributed by atoms with Crippen LogP contribution in [0.25, 0.3) is 0 Å². The molecule has 0 atom stereocenters. The summed E-state index contributed by atoms with van der Waals surface area (Å²) in [4.78, 5) is 21.1. The van der Waals surface area contributed by atoms with Crippen LogP contribution in [0.15, 0.2) is 18.2 Å². The number of rotatable bonds is 6. The lowest BCUT2D eigenvalue weighted by Gasteiger charge is -2.06. The molecule has 0 saturated heterocycles. The monoisotopic (exact) mass is 237 g/mol. The van der Waals surface area contributed by atoms with E-state index in [1.807, 2.05) is 6.92 Å². The molecule has 1 aromatic rings. The van der Waals surface area contributed by atoms with Crippen molar-refractivity contribution in [2.75, 3.05) is 6.61 Å². The minimum Gasteiger partial charge on any atom is -0.486 e. The van der Waals surface area contributed by atoms with Crippen LogP contribution in [0.2, 0.25) is 0 Å². The number of carbonyl (C=O) groups is 1. The second-order valence-corrected chi connectivity index (χ2v) is 3.71. The molecule has 0 radical (unpaired) electrons. The van der Waals surface area contributed by atoms with E-state index in [9.17, 15) is 14.9 Å². The molecule has 0 aliphatic rings. The molecule has 5 heteroatoms. The van der Waals surface area contributed by atoms with E-state index in [2.05, 4.69) is 0 Å². The van der Waals surface area contributed by atoms with Gasteiger partial charge >= 0.3 is 5.69 Å². The van der Waals surface area contributed by atoms with Crippen LogP contribution in [-0.2, 0) is 11.2 Å². The molecular formula is C12H15NO4. The predicted molar refractivity (Wildman–Crippen MR) is 63.3 cm³/mol. The summed E-state index contributed by atoms with van der Waals surface area (Å²) in [5.41, 5.74) is 0.837. The molecule has 0 aliphatic heterocycles. The van der Waals surface area contributed by atoms with E-state index in [1.165, 1.54) is 13.0 Å². The first kappa shape index (κ1) is 13.2. The Kier molecular flexibility index (Phi) is 4.63. The summed E-state index contributed by atoms with van der Waals surface area (Å²) >= 11 is 0. The van der Waals surface area contributed by atoms with E-state index in [0.29, 0.717) is 0 Å². The van der Waals surface area contributed by atoms with Gasteiger partial charge in [-0.3, -0.25) is 14.9 Å². The Morgan fingerprint density at radius 1 is 1.47 bits per heavy atom. The van der Waals surface area contributed by atoms with Crippen molar-refractivity contribution in [2.24, 2.45) is 0 Å². The Bertz CT molecular complexity index is 429. The Balaban J connectivity index is 2.83. The van der Waals surface area contributed by atoms with Gasteiger partial charge in [0.25, 0.3) is 0 Å². The van der Waals surface area contributed by atoms with Gasteiger partial charge in [0.1, 0.15) is 5.78 Å². The molecular weight excluding hydrogens is 222 g/mol. The zero-order valence-corrected chi connectivity index (χ0v) is 9.93. The molecule has 0 N–H and O–H groups in total. The van der Waals surface area contributed by atoms with Gasteiger partial charge in [-0.15, -0.1) is 0 Å². The topological polar surface area (TPSA) is 69.4 Å². The number of aryl methyl sites for hydroxylation is 1. The Hall–Kier alpha value is -1.91. The fourth-order valence-corrected chi connectivity index (χ4v) is 1.35. The average molecular weight is 237 g/mol. The van der Waals surface area contributed by atoms with Crippen LogP contribution in [0.5, 0.6) is 5.75 Å². The molecule has 0 aliphatic carbocycles. The van der Waals surface area contributed by atoms with Crippen LogP contribution in [0, 0.1) is 10.1 Å². The fraction of sp³-hybridized carbons (Fsp3) is 0.417. The molecule has 0 aromatic heterocycles. The van der Waals surface area contributed by atoms with Gasteiger partial charge in [-0.2, -0.15) is 0 Å². The number of ketones is 1. The molecule has 1 rings (SSSR count). The molecule has 0 bridgehead atoms. The molecule has 17 heavy (non-hydrogen) atoms. The van der Waals surface area contributed by atoms with E-state index < -0.39 is 4.92 Å². The van der Waals surface area contributed by atoms with E-state index in [1.54, 1.807) is 12.1 Å². The number of benzene rings is 1. The highest BCUT2D eigenvalue weighted by Gasteiger charge is 2.15. The lowest BCUT2D eigenvalue weighted by atomic mass is 10.1. The van der Waals surface area contributed by atoms with Crippen molar-refractivity contribution in [1.29, 1.82) is 0 Å². The van der Waals surface area contributed by atoms with Crippen molar-refractivity contribution in [3.05, 3.63) is 33.9 Å². The first-order valence-electron chi connectivity index (χ1n) is 5.44. The van der Waals surface area contributed by atoms with E-state index >= 15 is 0 Å². The zero-order chi connectivity index (χ0) is 12.8. The van der Waals surface area contributed by atoms with Gasteiger partial charge in [0, 0.05) is 12.5 Å². The average Bonchev–Trinajstić information content (AvgIpc) is 2.28. The van der Waals surface area contributed by atoms with Crippen LogP contribution in [0.4, 0.5) is 5.69 Å². The molecule has 92 valence electrons. The van der Waals surface area contributed by atoms with Crippen LogP contribution in [0.1, 0.15) is 25.8 Å². The predicted octanol–water partition coefficient (Wildman–Crippen LogP) is 2.52. The van der Waals surface area contributed by atoms with Gasteiger partial charge in [0.05, 0.1) is 11.5 Å². The normalized spacial score (nSPS) is 10.0. The van der Waals surface area contributed by atoms with Gasteiger partial charge in [0.2, 0.25) is 0 Å². The Morgan fingerprint density at radius 2 is 2.18 bits per heavy atom. The van der Waals surface area contributed by atoms with Gasteiger partial charge in [-0.25, -0.2) is 0 Å². The summed E-state index contributed by atoms with van der Waals surface area (Å²) in [6.45, 7) is 3.55. The standard InChI is InChI=1S/C12H15NO4/c1-3-10-4-5-12(11(8-10)13(15)16)17-7-6-9(2)14/h4-5,8H,3,6-7H2,1-2H3. The van der Waals surface area contributed by atoms with Gasteiger partial charge in [-0.05, 0) is 25.0 Å². The summed E-state index contributed by atoms with van der Waals surface area (Å²) in [5, 5.41) is 10.8. The molecule has 0 saturated carbocycles. The number of hydrogen-bond donors (Lipinski definition) is 0. The zero-order valence-electron chi connectivity index (χ0n) is 9.93. The van der Waals surface area contributed by atoms with Gasteiger partial charge in [-0.1, -0.05) is 13.0 Å². The smallest absolute Gasteiger partial charge is 0.311 e. The van der Waals surface area contributed by atoms with Gasteiger partial charge in [0.15, 0.2) is 5.75 Å². The summed E-state index contributed by atoms with van der Waals surface area (Å²) in [6, 6.07) is 4.87. The molecule has 0 heterocycles. The van der Waals surface area contributed by atoms with Crippen molar-refractivity contribution in [2.45, 2.75) is 26.7 Å². The number of nitro groups is 1. The molecule has 0 spiro atoms. The number of ether oxygens (including phenoxy) is 1. The minimum atomic E-state index is -0.470. The lowest BCUT2D eigenvalue weighted by Crippen LogP contribution is -2.04. The number of hydrogen-bond acceptors (Lipinski definition) is 4. The van der Waals surface area contributed by atoms with Crippen molar-refractivity contribution >= 4 is 11.5 Å². The second-order valence-electron chi connectivity index (χ2n) is 3.71. The highest BCUT2D eigenvalue weighted by molar-refractivity contribution is 5.75. The number of Topliss-reactive ketones (excluding diaryl/α,β-unsaturated/α-hetero) is 1. The van der Waals surface area contributed by atoms with Crippen molar-refractivity contribution in [1.82, 2.24) is 0 Å². The van der Waals surface area contributed by atoms with Crippen molar-refractivity contribution in [3.63, 3.8) is 0 Å². The summed E-state index contributed by atoms with van der Waals surface area (Å²) in [5.74, 6) is 0.214. The first-order valence-corrected chi connectivity index (χ1v) is 5.44. The third-order valence-corrected chi connectivity index (χ3v) is 2.34. The van der Waals surface area contributed by atoms with Crippen LogP contribution in [-0.4, -0.2) is 17.3 Å². The van der Waals surface area contributed by atoms with Crippen LogP contribution >= 0.6 is 0 Å². The maximum atomic E-state index is 10.8. The van der Waals surface area contributed by atoms with Crippen molar-refractivity contribution in [3.8, 4) is 5.75 Å². The lowest BCUT2D eigenvalue weighted by molar-refractivity contribution is -0.385. The highest BCUT2D eigenvalue weighted by atomic mass is 16.6. The maximum absolute atomic E-state index is 10.8. The van der Waals surface area contributed by atoms with E-state index in [4.69, 9.17) is 4.74 Å². The highest BCUT2D eigenvalue weighted by Crippen LogP contribution is 2.28. The summed E-state index contributed by atoms with van der Waals surface area (Å²) in [7, 11) is 0. The number of carbonyl (C=O) groups excluding carboxylic acids is 1. The fourth-order valence-electron chi connectivity index (χ4n) is 1.35. The van der Waals surface area contributed by atoms with E-state index in [0.717, 1.165) is 12.0 Å². The Morgan fingerprint density at radius 3 is 2.71 bits per heavy atom. The van der Waals surface area contributed by atoms with Crippen LogP contribution < -0.4 is 4.74 Å².